The van der Waals surface area contributed by atoms with Crippen molar-refractivity contribution in [1.29, 1.82) is 0 Å². The van der Waals surface area contributed by atoms with Crippen LogP contribution >= 0.6 is 15.9 Å². The fourth-order valence-corrected chi connectivity index (χ4v) is 1.82. The largest absolute Gasteiger partial charge is 0.383 e. The molecule has 0 heterocycles. The third kappa shape index (κ3) is 3.70. The summed E-state index contributed by atoms with van der Waals surface area (Å²) in [6.45, 7) is 0.120. The first-order valence-corrected chi connectivity index (χ1v) is 6.52. The highest BCUT2D eigenvalue weighted by Gasteiger charge is 2.27. The minimum atomic E-state index is -1.50. The van der Waals surface area contributed by atoms with E-state index in [0.717, 1.165) is 0 Å². The van der Waals surface area contributed by atoms with E-state index in [4.69, 9.17) is 4.74 Å². The fraction of sp³-hybridized carbons (Fsp3) is 0.364. The molecule has 0 fully saturated rings. The second-order valence-electron chi connectivity index (χ2n) is 3.79. The molecule has 9 heteroatoms. The number of rotatable bonds is 6. The Hall–Kier alpha value is -1.61. The zero-order chi connectivity index (χ0) is 15.3. The van der Waals surface area contributed by atoms with E-state index in [1.54, 1.807) is 0 Å². The summed E-state index contributed by atoms with van der Waals surface area (Å²) in [4.78, 5) is 21.4. The summed E-state index contributed by atoms with van der Waals surface area (Å²) >= 11 is 3.10. The molecule has 1 N–H and O–H groups in total. The number of hydrogen-bond acceptors (Lipinski definition) is 4. The van der Waals surface area contributed by atoms with Gasteiger partial charge in [-0.05, 0) is 6.07 Å². The number of methoxy groups -OCH3 is 1. The van der Waals surface area contributed by atoms with Gasteiger partial charge in [0.15, 0.2) is 0 Å². The molecular weight excluding hydrogens is 342 g/mol. The van der Waals surface area contributed by atoms with Gasteiger partial charge < -0.3 is 10.1 Å². The summed E-state index contributed by atoms with van der Waals surface area (Å²) in [7, 11) is 1.40. The summed E-state index contributed by atoms with van der Waals surface area (Å²) < 4.78 is 32.1. The van der Waals surface area contributed by atoms with Crippen LogP contribution < -0.4 is 5.32 Å². The number of hydrogen-bond donors (Lipinski definition) is 1. The van der Waals surface area contributed by atoms with E-state index in [0.29, 0.717) is 17.5 Å². The molecule has 0 aromatic heterocycles. The van der Waals surface area contributed by atoms with Crippen molar-refractivity contribution in [1.82, 2.24) is 5.32 Å². The average Bonchev–Trinajstić information content (AvgIpc) is 2.37. The third-order valence-electron chi connectivity index (χ3n) is 2.38. The topological polar surface area (TPSA) is 81.5 Å². The van der Waals surface area contributed by atoms with Crippen LogP contribution in [0.4, 0.5) is 14.5 Å². The molecule has 1 unspecified atom stereocenters. The zero-order valence-electron chi connectivity index (χ0n) is 10.4. The summed E-state index contributed by atoms with van der Waals surface area (Å²) in [6, 6.07) is 0.819. The number of benzene rings is 1. The maximum atomic E-state index is 13.8. The van der Waals surface area contributed by atoms with Crippen molar-refractivity contribution in [3.8, 4) is 0 Å². The minimum Gasteiger partial charge on any atom is -0.383 e. The highest BCUT2D eigenvalue weighted by atomic mass is 79.9. The Balaban J connectivity index is 3.09. The molecule has 1 rings (SSSR count). The molecule has 0 saturated heterocycles. The number of ether oxygens (including phenoxy) is 1. The van der Waals surface area contributed by atoms with Gasteiger partial charge >= 0.3 is 5.69 Å². The lowest BCUT2D eigenvalue weighted by molar-refractivity contribution is -0.387. The van der Waals surface area contributed by atoms with Crippen molar-refractivity contribution in [2.75, 3.05) is 19.0 Å². The van der Waals surface area contributed by atoms with Crippen LogP contribution in [-0.4, -0.2) is 35.9 Å². The number of nitrogens with zero attached hydrogens (tertiary/aromatic N) is 1. The highest BCUT2D eigenvalue weighted by Crippen LogP contribution is 2.23. The smallest absolute Gasteiger partial charge is 0.305 e. The molecule has 0 aliphatic rings. The van der Waals surface area contributed by atoms with Crippen molar-refractivity contribution < 1.29 is 23.2 Å². The molecule has 6 nitrogen and oxygen atoms in total. The van der Waals surface area contributed by atoms with Gasteiger partial charge in [-0.15, -0.1) is 0 Å². The number of amides is 1. The normalized spacial score (nSPS) is 12.0. The van der Waals surface area contributed by atoms with E-state index in [-0.39, 0.29) is 6.61 Å². The predicted octanol–water partition coefficient (Wildman–Crippen LogP) is 2.01. The standard InChI is InChI=1S/C11H11BrF2N2O4/c1-20-5-6(4-12)15-11(17)9-7(13)2-3-8(10(9)14)16(18)19/h2-3,6H,4-5H2,1H3,(H,15,17). The first-order valence-electron chi connectivity index (χ1n) is 5.40. The van der Waals surface area contributed by atoms with E-state index in [9.17, 15) is 23.7 Å². The monoisotopic (exact) mass is 352 g/mol. The number of nitrogens with one attached hydrogen (secondary N) is 1. The van der Waals surface area contributed by atoms with Gasteiger partial charge in [0, 0.05) is 18.5 Å². The van der Waals surface area contributed by atoms with E-state index < -0.39 is 39.8 Å². The lowest BCUT2D eigenvalue weighted by Crippen LogP contribution is -2.40. The first-order chi connectivity index (χ1) is 9.42. The number of nitro benzene ring substituents is 1. The third-order valence-corrected chi connectivity index (χ3v) is 3.17. The van der Waals surface area contributed by atoms with E-state index in [2.05, 4.69) is 21.2 Å². The highest BCUT2D eigenvalue weighted by molar-refractivity contribution is 9.09. The molecule has 0 bridgehead atoms. The van der Waals surface area contributed by atoms with Gasteiger partial charge in [0.25, 0.3) is 5.91 Å². The first kappa shape index (κ1) is 16.4. The van der Waals surface area contributed by atoms with Gasteiger partial charge in [0.05, 0.1) is 17.6 Å². The molecule has 1 amide bonds. The predicted molar refractivity (Wildman–Crippen MR) is 69.9 cm³/mol. The van der Waals surface area contributed by atoms with Crippen molar-refractivity contribution in [2.45, 2.75) is 6.04 Å². The number of halogens is 3. The fourth-order valence-electron chi connectivity index (χ4n) is 1.47. The van der Waals surface area contributed by atoms with Gasteiger partial charge in [-0.1, -0.05) is 15.9 Å². The van der Waals surface area contributed by atoms with Crippen LogP contribution in [0.3, 0.4) is 0 Å². The number of carbonyl (C=O) groups excluding carboxylic acids is 1. The molecule has 0 saturated carbocycles. The quantitative estimate of drug-likeness (QED) is 0.482. The minimum absolute atomic E-state index is 0.120. The zero-order valence-corrected chi connectivity index (χ0v) is 11.9. The van der Waals surface area contributed by atoms with Crippen LogP contribution in [0, 0.1) is 21.7 Å². The van der Waals surface area contributed by atoms with Crippen LogP contribution in [0.25, 0.3) is 0 Å². The Kier molecular flexibility index (Phi) is 5.96. The molecule has 0 radical (unpaired) electrons. The molecule has 1 aromatic carbocycles. The lowest BCUT2D eigenvalue weighted by Gasteiger charge is -2.15. The summed E-state index contributed by atoms with van der Waals surface area (Å²) in [5.41, 5.74) is -1.94. The van der Waals surface area contributed by atoms with Gasteiger partial charge in [0.1, 0.15) is 11.4 Å². The van der Waals surface area contributed by atoms with Gasteiger partial charge in [-0.25, -0.2) is 4.39 Å². The molecule has 0 spiro atoms. The maximum Gasteiger partial charge on any atom is 0.305 e. The molecule has 110 valence electrons. The second kappa shape index (κ2) is 7.25. The van der Waals surface area contributed by atoms with E-state index in [1.807, 2.05) is 0 Å². The second-order valence-corrected chi connectivity index (χ2v) is 4.44. The summed E-state index contributed by atoms with van der Waals surface area (Å²) in [6.07, 6.45) is 0. The molecular formula is C11H11BrF2N2O4. The SMILES string of the molecule is COCC(CBr)NC(=O)c1c(F)ccc([N+](=O)[O-])c1F. The van der Waals surface area contributed by atoms with Gasteiger partial charge in [-0.3, -0.25) is 14.9 Å². The van der Waals surface area contributed by atoms with Crippen LogP contribution in [0.2, 0.25) is 0 Å². The Labute approximate surface area is 121 Å². The lowest BCUT2D eigenvalue weighted by atomic mass is 10.1. The van der Waals surface area contributed by atoms with Crippen LogP contribution in [0.5, 0.6) is 0 Å². The van der Waals surface area contributed by atoms with Crippen molar-refractivity contribution >= 4 is 27.5 Å². The Morgan fingerprint density at radius 3 is 2.70 bits per heavy atom. The van der Waals surface area contributed by atoms with E-state index in [1.165, 1.54) is 7.11 Å². The molecule has 0 aliphatic heterocycles. The van der Waals surface area contributed by atoms with Crippen molar-refractivity contribution in [3.05, 3.63) is 39.4 Å². The number of nitro groups is 1. The van der Waals surface area contributed by atoms with Crippen molar-refractivity contribution in [2.24, 2.45) is 0 Å². The summed E-state index contributed by atoms with van der Waals surface area (Å²) in [5, 5.41) is 13.2. The Bertz CT molecular complexity index is 527. The van der Waals surface area contributed by atoms with E-state index >= 15 is 0 Å². The Morgan fingerprint density at radius 1 is 1.55 bits per heavy atom. The molecule has 1 atom stereocenters. The average molecular weight is 353 g/mol. The molecule has 1 aromatic rings. The van der Waals surface area contributed by atoms with Gasteiger partial charge in [-0.2, -0.15) is 4.39 Å². The Morgan fingerprint density at radius 2 is 2.20 bits per heavy atom. The number of alkyl halides is 1. The molecule has 0 aliphatic carbocycles. The van der Waals surface area contributed by atoms with Crippen LogP contribution in [0.15, 0.2) is 12.1 Å². The summed E-state index contributed by atoms with van der Waals surface area (Å²) in [5.74, 6) is -3.75. The molecule has 20 heavy (non-hydrogen) atoms. The van der Waals surface area contributed by atoms with Gasteiger partial charge in [0.2, 0.25) is 5.82 Å². The maximum absolute atomic E-state index is 13.8. The van der Waals surface area contributed by atoms with Crippen LogP contribution in [-0.2, 0) is 4.74 Å². The number of carbonyl (C=O) groups is 1. The van der Waals surface area contributed by atoms with Crippen molar-refractivity contribution in [3.63, 3.8) is 0 Å². The van der Waals surface area contributed by atoms with Crippen LogP contribution in [0.1, 0.15) is 10.4 Å².